The van der Waals surface area contributed by atoms with Gasteiger partial charge in [-0.25, -0.2) is 0 Å². The molecule has 1 saturated carbocycles. The molecule has 0 bridgehead atoms. The molecule has 1 N–H and O–H groups in total. The predicted octanol–water partition coefficient (Wildman–Crippen LogP) is 2.82. The first-order valence-electron chi connectivity index (χ1n) is 6.04. The van der Waals surface area contributed by atoms with Crippen molar-refractivity contribution in [2.24, 2.45) is 0 Å². The number of nitrogens with one attached hydrogen (secondary N) is 1. The maximum atomic E-state index is 5.28. The van der Waals surface area contributed by atoms with E-state index >= 15 is 0 Å². The Morgan fingerprint density at radius 3 is 2.75 bits per heavy atom. The molecule has 0 saturated heterocycles. The van der Waals surface area contributed by atoms with Crippen LogP contribution in [0.15, 0.2) is 24.3 Å². The first-order chi connectivity index (χ1) is 7.69. The quantitative estimate of drug-likeness (QED) is 0.840. The second-order valence-corrected chi connectivity index (χ2v) is 4.83. The van der Waals surface area contributed by atoms with Gasteiger partial charge in [0.05, 0.1) is 6.10 Å². The number of aryl methyl sites for hydroxylation is 1. The van der Waals surface area contributed by atoms with Gasteiger partial charge in [-0.15, -0.1) is 0 Å². The van der Waals surface area contributed by atoms with Crippen LogP contribution in [0, 0.1) is 6.92 Å². The van der Waals surface area contributed by atoms with Crippen LogP contribution in [0.2, 0.25) is 0 Å². The van der Waals surface area contributed by atoms with Crippen LogP contribution >= 0.6 is 0 Å². The second-order valence-electron chi connectivity index (χ2n) is 4.83. The molecule has 1 aliphatic rings. The van der Waals surface area contributed by atoms with Crippen molar-refractivity contribution in [2.45, 2.75) is 44.9 Å². The van der Waals surface area contributed by atoms with Crippen LogP contribution in [0.1, 0.15) is 36.9 Å². The lowest BCUT2D eigenvalue weighted by Gasteiger charge is -2.36. The normalized spacial score (nSPS) is 26.2. The van der Waals surface area contributed by atoms with Gasteiger partial charge >= 0.3 is 0 Å². The minimum Gasteiger partial charge on any atom is -0.381 e. The van der Waals surface area contributed by atoms with Crippen molar-refractivity contribution in [2.75, 3.05) is 7.11 Å². The van der Waals surface area contributed by atoms with E-state index in [2.05, 4.69) is 43.4 Å². The number of rotatable bonds is 4. The Morgan fingerprint density at radius 2 is 2.12 bits per heavy atom. The summed E-state index contributed by atoms with van der Waals surface area (Å²) in [5.74, 6) is 0. The third-order valence-electron chi connectivity index (χ3n) is 3.46. The van der Waals surface area contributed by atoms with E-state index in [4.69, 9.17) is 4.74 Å². The fourth-order valence-corrected chi connectivity index (χ4v) is 2.28. The molecule has 2 nitrogen and oxygen atoms in total. The highest BCUT2D eigenvalue weighted by atomic mass is 16.5. The first-order valence-corrected chi connectivity index (χ1v) is 6.04. The Morgan fingerprint density at radius 1 is 1.38 bits per heavy atom. The summed E-state index contributed by atoms with van der Waals surface area (Å²) in [6, 6.07) is 9.77. The summed E-state index contributed by atoms with van der Waals surface area (Å²) in [7, 11) is 1.80. The molecule has 0 spiro atoms. The highest BCUT2D eigenvalue weighted by Crippen LogP contribution is 2.25. The number of methoxy groups -OCH3 is 1. The maximum absolute atomic E-state index is 5.28. The van der Waals surface area contributed by atoms with E-state index in [0.717, 1.165) is 12.8 Å². The van der Waals surface area contributed by atoms with Crippen molar-refractivity contribution in [1.29, 1.82) is 0 Å². The molecule has 0 radical (unpaired) electrons. The van der Waals surface area contributed by atoms with Crippen LogP contribution < -0.4 is 5.32 Å². The predicted molar refractivity (Wildman–Crippen MR) is 66.5 cm³/mol. The summed E-state index contributed by atoms with van der Waals surface area (Å²) in [6.07, 6.45) is 2.77. The third kappa shape index (κ3) is 2.63. The SMILES string of the molecule is COC1CC(N[C@H](C)c2cccc(C)c2)C1. The van der Waals surface area contributed by atoms with Crippen LogP contribution in [0.3, 0.4) is 0 Å². The van der Waals surface area contributed by atoms with E-state index < -0.39 is 0 Å². The summed E-state index contributed by atoms with van der Waals surface area (Å²) in [4.78, 5) is 0. The van der Waals surface area contributed by atoms with Gasteiger partial charge in [-0.3, -0.25) is 0 Å². The van der Waals surface area contributed by atoms with E-state index in [9.17, 15) is 0 Å². The van der Waals surface area contributed by atoms with Crippen LogP contribution in [0.4, 0.5) is 0 Å². The Kier molecular flexibility index (Phi) is 3.62. The summed E-state index contributed by atoms with van der Waals surface area (Å²) in [5.41, 5.74) is 2.70. The van der Waals surface area contributed by atoms with Gasteiger partial charge in [-0.1, -0.05) is 29.8 Å². The Labute approximate surface area is 98.0 Å². The second kappa shape index (κ2) is 4.98. The number of benzene rings is 1. The molecule has 1 fully saturated rings. The molecule has 1 aliphatic carbocycles. The topological polar surface area (TPSA) is 21.3 Å². The van der Waals surface area contributed by atoms with Gasteiger partial charge in [-0.2, -0.15) is 0 Å². The summed E-state index contributed by atoms with van der Waals surface area (Å²) >= 11 is 0. The molecular formula is C14H21NO. The first kappa shape index (κ1) is 11.6. The number of hydrogen-bond donors (Lipinski definition) is 1. The maximum Gasteiger partial charge on any atom is 0.0601 e. The van der Waals surface area contributed by atoms with E-state index in [1.54, 1.807) is 7.11 Å². The molecule has 0 unspecified atom stereocenters. The molecule has 0 aliphatic heterocycles. The fourth-order valence-electron chi connectivity index (χ4n) is 2.28. The minimum atomic E-state index is 0.433. The lowest BCUT2D eigenvalue weighted by molar-refractivity contribution is 0.0147. The van der Waals surface area contributed by atoms with Crippen molar-refractivity contribution in [3.8, 4) is 0 Å². The molecule has 0 heterocycles. The van der Waals surface area contributed by atoms with Crippen LogP contribution in [-0.4, -0.2) is 19.3 Å². The molecule has 0 aromatic heterocycles. The number of hydrogen-bond acceptors (Lipinski definition) is 2. The summed E-state index contributed by atoms with van der Waals surface area (Å²) in [5, 5.41) is 3.64. The monoisotopic (exact) mass is 219 g/mol. The van der Waals surface area contributed by atoms with Gasteiger partial charge in [-0.05, 0) is 32.3 Å². The third-order valence-corrected chi connectivity index (χ3v) is 3.46. The largest absolute Gasteiger partial charge is 0.381 e. The minimum absolute atomic E-state index is 0.433. The van der Waals surface area contributed by atoms with Gasteiger partial charge in [0, 0.05) is 19.2 Å². The molecule has 88 valence electrons. The van der Waals surface area contributed by atoms with Crippen LogP contribution in [0.5, 0.6) is 0 Å². The van der Waals surface area contributed by atoms with Crippen molar-refractivity contribution < 1.29 is 4.74 Å². The van der Waals surface area contributed by atoms with Crippen LogP contribution in [0.25, 0.3) is 0 Å². The zero-order valence-electron chi connectivity index (χ0n) is 10.4. The van der Waals surface area contributed by atoms with Crippen molar-refractivity contribution in [1.82, 2.24) is 5.32 Å². The lowest BCUT2D eigenvalue weighted by Crippen LogP contribution is -2.45. The van der Waals surface area contributed by atoms with Gasteiger partial charge in [0.1, 0.15) is 0 Å². The van der Waals surface area contributed by atoms with Gasteiger partial charge < -0.3 is 10.1 Å². The summed E-state index contributed by atoms with van der Waals surface area (Å²) in [6.45, 7) is 4.37. The fraction of sp³-hybridized carbons (Fsp3) is 0.571. The van der Waals surface area contributed by atoms with E-state index in [1.807, 2.05) is 0 Å². The molecule has 1 atom stereocenters. The highest BCUT2D eigenvalue weighted by molar-refractivity contribution is 5.24. The molecule has 2 rings (SSSR count). The lowest BCUT2D eigenvalue weighted by atomic mass is 9.88. The molecular weight excluding hydrogens is 198 g/mol. The zero-order chi connectivity index (χ0) is 11.5. The van der Waals surface area contributed by atoms with E-state index in [-0.39, 0.29) is 0 Å². The Hall–Kier alpha value is -0.860. The van der Waals surface area contributed by atoms with E-state index in [0.29, 0.717) is 18.2 Å². The molecule has 1 aromatic carbocycles. The Balaban J connectivity index is 1.87. The van der Waals surface area contributed by atoms with Crippen molar-refractivity contribution in [3.63, 3.8) is 0 Å². The van der Waals surface area contributed by atoms with Crippen molar-refractivity contribution in [3.05, 3.63) is 35.4 Å². The molecule has 2 heteroatoms. The zero-order valence-corrected chi connectivity index (χ0v) is 10.4. The average Bonchev–Trinajstić information content (AvgIpc) is 2.22. The van der Waals surface area contributed by atoms with Gasteiger partial charge in [0.15, 0.2) is 0 Å². The van der Waals surface area contributed by atoms with Gasteiger partial charge in [0.25, 0.3) is 0 Å². The Bertz CT molecular complexity index is 344. The van der Waals surface area contributed by atoms with E-state index in [1.165, 1.54) is 11.1 Å². The standard InChI is InChI=1S/C14H21NO/c1-10-5-4-6-12(7-10)11(2)15-13-8-14(9-13)16-3/h4-7,11,13-15H,8-9H2,1-3H3/t11-,13?,14?/m1/s1. The van der Waals surface area contributed by atoms with Crippen LogP contribution in [-0.2, 0) is 4.74 Å². The highest BCUT2D eigenvalue weighted by Gasteiger charge is 2.29. The summed E-state index contributed by atoms with van der Waals surface area (Å²) < 4.78 is 5.28. The molecule has 1 aromatic rings. The van der Waals surface area contributed by atoms with Crippen molar-refractivity contribution >= 4 is 0 Å². The van der Waals surface area contributed by atoms with Gasteiger partial charge in [0.2, 0.25) is 0 Å². The number of ether oxygens (including phenoxy) is 1. The smallest absolute Gasteiger partial charge is 0.0601 e. The molecule has 16 heavy (non-hydrogen) atoms. The average molecular weight is 219 g/mol. The molecule has 0 amide bonds.